The summed E-state index contributed by atoms with van der Waals surface area (Å²) >= 11 is 1.81. The number of piperidine rings is 1. The minimum atomic E-state index is -0.704. The van der Waals surface area contributed by atoms with Crippen LogP contribution in [0.3, 0.4) is 0 Å². The van der Waals surface area contributed by atoms with E-state index in [-0.39, 0.29) is 5.41 Å². The predicted molar refractivity (Wildman–Crippen MR) is 83.3 cm³/mol. The van der Waals surface area contributed by atoms with Crippen molar-refractivity contribution in [2.45, 2.75) is 64.5 Å². The molecular formula is C16H25NO2S. The average molecular weight is 295 g/mol. The third kappa shape index (κ3) is 3.07. The minimum Gasteiger partial charge on any atom is -0.480 e. The van der Waals surface area contributed by atoms with E-state index in [9.17, 15) is 9.90 Å². The zero-order chi connectivity index (χ0) is 15.0. The number of rotatable bonds is 3. The SMILES string of the molecule is CC(C)(C)c1ccc(CN2CCCCC2(C)C(=O)O)s1. The zero-order valence-electron chi connectivity index (χ0n) is 12.9. The van der Waals surface area contributed by atoms with Crippen LogP contribution in [0.2, 0.25) is 0 Å². The van der Waals surface area contributed by atoms with Gasteiger partial charge in [-0.15, -0.1) is 11.3 Å². The Hall–Kier alpha value is -0.870. The third-order valence-corrected chi connectivity index (χ3v) is 5.74. The third-order valence-electron chi connectivity index (χ3n) is 4.25. The van der Waals surface area contributed by atoms with E-state index in [1.54, 1.807) is 0 Å². The van der Waals surface area contributed by atoms with Gasteiger partial charge in [0.05, 0.1) is 0 Å². The summed E-state index contributed by atoms with van der Waals surface area (Å²) < 4.78 is 0. The van der Waals surface area contributed by atoms with Crippen LogP contribution < -0.4 is 0 Å². The van der Waals surface area contributed by atoms with Gasteiger partial charge in [0.1, 0.15) is 5.54 Å². The zero-order valence-corrected chi connectivity index (χ0v) is 13.7. The van der Waals surface area contributed by atoms with Crippen molar-refractivity contribution in [1.29, 1.82) is 0 Å². The predicted octanol–water partition coefficient (Wildman–Crippen LogP) is 3.87. The summed E-state index contributed by atoms with van der Waals surface area (Å²) in [7, 11) is 0. The maximum absolute atomic E-state index is 11.6. The molecule has 1 aromatic rings. The maximum atomic E-state index is 11.6. The Morgan fingerprint density at radius 2 is 2.10 bits per heavy atom. The van der Waals surface area contributed by atoms with Crippen LogP contribution in [0.1, 0.15) is 56.7 Å². The summed E-state index contributed by atoms with van der Waals surface area (Å²) in [6.45, 7) is 10.1. The molecule has 0 bridgehead atoms. The lowest BCUT2D eigenvalue weighted by molar-refractivity contribution is -0.153. The first-order valence-electron chi connectivity index (χ1n) is 7.31. The molecule has 2 rings (SSSR count). The Bertz CT molecular complexity index is 489. The molecule has 1 aliphatic rings. The summed E-state index contributed by atoms with van der Waals surface area (Å²) in [5, 5.41) is 9.54. The van der Waals surface area contributed by atoms with E-state index in [1.807, 2.05) is 18.3 Å². The quantitative estimate of drug-likeness (QED) is 0.920. The van der Waals surface area contributed by atoms with Crippen LogP contribution >= 0.6 is 11.3 Å². The second kappa shape index (κ2) is 5.49. The highest BCUT2D eigenvalue weighted by atomic mass is 32.1. The topological polar surface area (TPSA) is 40.5 Å². The van der Waals surface area contributed by atoms with E-state index >= 15 is 0 Å². The molecule has 4 heteroatoms. The largest absolute Gasteiger partial charge is 0.480 e. The monoisotopic (exact) mass is 295 g/mol. The second-order valence-corrected chi connectivity index (χ2v) is 8.14. The number of nitrogens with zero attached hydrogens (tertiary/aromatic N) is 1. The molecule has 0 saturated carbocycles. The van der Waals surface area contributed by atoms with Crippen LogP contribution in [0, 0.1) is 0 Å². The summed E-state index contributed by atoms with van der Waals surface area (Å²) in [6.07, 6.45) is 2.86. The molecule has 1 fully saturated rings. The molecule has 0 spiro atoms. The fraction of sp³-hybridized carbons (Fsp3) is 0.688. The number of hydrogen-bond donors (Lipinski definition) is 1. The fourth-order valence-electron chi connectivity index (χ4n) is 2.73. The molecule has 2 heterocycles. The molecule has 1 aromatic heterocycles. The number of carboxylic acid groups (broad SMARTS) is 1. The number of likely N-dealkylation sites (tertiary alicyclic amines) is 1. The van der Waals surface area contributed by atoms with Gasteiger partial charge in [0.15, 0.2) is 0 Å². The van der Waals surface area contributed by atoms with Crippen molar-refractivity contribution in [2.75, 3.05) is 6.54 Å². The Balaban J connectivity index is 2.15. The lowest BCUT2D eigenvalue weighted by Crippen LogP contribution is -2.54. The Labute approximate surface area is 125 Å². The van der Waals surface area contributed by atoms with Crippen molar-refractivity contribution in [1.82, 2.24) is 4.90 Å². The highest BCUT2D eigenvalue weighted by Gasteiger charge is 2.41. The van der Waals surface area contributed by atoms with Crippen LogP contribution in [0.15, 0.2) is 12.1 Å². The second-order valence-electron chi connectivity index (χ2n) is 6.97. The van der Waals surface area contributed by atoms with Crippen molar-refractivity contribution < 1.29 is 9.90 Å². The van der Waals surface area contributed by atoms with Crippen LogP contribution in [0.4, 0.5) is 0 Å². The molecule has 0 radical (unpaired) electrons. The van der Waals surface area contributed by atoms with Crippen molar-refractivity contribution in [3.8, 4) is 0 Å². The molecule has 112 valence electrons. The van der Waals surface area contributed by atoms with Gasteiger partial charge in [0, 0.05) is 16.3 Å². The van der Waals surface area contributed by atoms with E-state index in [4.69, 9.17) is 0 Å². The normalized spacial score (nSPS) is 24.8. The van der Waals surface area contributed by atoms with Gasteiger partial charge in [-0.1, -0.05) is 20.8 Å². The molecule has 0 aliphatic carbocycles. The number of hydrogen-bond acceptors (Lipinski definition) is 3. The van der Waals surface area contributed by atoms with Gasteiger partial charge >= 0.3 is 5.97 Å². The lowest BCUT2D eigenvalue weighted by Gasteiger charge is -2.41. The number of aliphatic carboxylic acids is 1. The first-order chi connectivity index (χ1) is 9.23. The van der Waals surface area contributed by atoms with Crippen molar-refractivity contribution >= 4 is 17.3 Å². The van der Waals surface area contributed by atoms with Gasteiger partial charge in [0.2, 0.25) is 0 Å². The van der Waals surface area contributed by atoms with E-state index in [1.165, 1.54) is 9.75 Å². The highest BCUT2D eigenvalue weighted by Crippen LogP contribution is 2.34. The van der Waals surface area contributed by atoms with Gasteiger partial charge < -0.3 is 5.11 Å². The molecule has 3 nitrogen and oxygen atoms in total. The minimum absolute atomic E-state index is 0.168. The van der Waals surface area contributed by atoms with E-state index in [0.717, 1.165) is 32.4 Å². The molecule has 1 N–H and O–H groups in total. The van der Waals surface area contributed by atoms with E-state index < -0.39 is 11.5 Å². The molecule has 1 unspecified atom stereocenters. The van der Waals surface area contributed by atoms with E-state index in [0.29, 0.717) is 0 Å². The van der Waals surface area contributed by atoms with Gasteiger partial charge in [-0.2, -0.15) is 0 Å². The van der Waals surface area contributed by atoms with Gasteiger partial charge in [0.25, 0.3) is 0 Å². The molecule has 0 amide bonds. The van der Waals surface area contributed by atoms with Gasteiger partial charge in [-0.05, 0) is 50.3 Å². The fourth-order valence-corrected chi connectivity index (χ4v) is 3.81. The smallest absolute Gasteiger partial charge is 0.323 e. The van der Waals surface area contributed by atoms with Crippen LogP contribution in [0.25, 0.3) is 0 Å². The number of carboxylic acids is 1. The summed E-state index contributed by atoms with van der Waals surface area (Å²) in [4.78, 5) is 16.4. The summed E-state index contributed by atoms with van der Waals surface area (Å²) in [5.41, 5.74) is -0.537. The molecule has 20 heavy (non-hydrogen) atoms. The van der Waals surface area contributed by atoms with Crippen molar-refractivity contribution in [3.05, 3.63) is 21.9 Å². The summed E-state index contributed by atoms with van der Waals surface area (Å²) in [5.74, 6) is -0.690. The molecule has 1 aliphatic heterocycles. The Morgan fingerprint density at radius 3 is 2.65 bits per heavy atom. The summed E-state index contributed by atoms with van der Waals surface area (Å²) in [6, 6.07) is 4.34. The van der Waals surface area contributed by atoms with Crippen LogP contribution in [-0.2, 0) is 16.8 Å². The van der Waals surface area contributed by atoms with E-state index in [2.05, 4.69) is 37.8 Å². The highest BCUT2D eigenvalue weighted by molar-refractivity contribution is 7.12. The molecule has 1 saturated heterocycles. The van der Waals surface area contributed by atoms with Crippen molar-refractivity contribution in [2.24, 2.45) is 0 Å². The average Bonchev–Trinajstić information content (AvgIpc) is 2.80. The Morgan fingerprint density at radius 1 is 1.40 bits per heavy atom. The van der Waals surface area contributed by atoms with Gasteiger partial charge in [-0.25, -0.2) is 0 Å². The first kappa shape index (κ1) is 15.5. The van der Waals surface area contributed by atoms with Gasteiger partial charge in [-0.3, -0.25) is 9.69 Å². The lowest BCUT2D eigenvalue weighted by atomic mass is 9.88. The van der Waals surface area contributed by atoms with Crippen LogP contribution in [-0.4, -0.2) is 28.1 Å². The van der Waals surface area contributed by atoms with Crippen molar-refractivity contribution in [3.63, 3.8) is 0 Å². The first-order valence-corrected chi connectivity index (χ1v) is 8.13. The molecule has 1 atom stereocenters. The standard InChI is InChI=1S/C16H25NO2S/c1-15(2,3)13-8-7-12(20-13)11-17-10-6-5-9-16(17,4)14(18)19/h7-8H,5-6,9-11H2,1-4H3,(H,18,19). The Kier molecular flexibility index (Phi) is 4.26. The molecular weight excluding hydrogens is 270 g/mol. The number of carbonyl (C=O) groups is 1. The molecule has 0 aromatic carbocycles. The maximum Gasteiger partial charge on any atom is 0.323 e. The number of thiophene rings is 1. The van der Waals surface area contributed by atoms with Crippen LogP contribution in [0.5, 0.6) is 0 Å².